The minimum Gasteiger partial charge on any atom is -0.369 e. The highest BCUT2D eigenvalue weighted by Gasteiger charge is 2.19. The summed E-state index contributed by atoms with van der Waals surface area (Å²) >= 11 is 0. The van der Waals surface area contributed by atoms with Crippen molar-refractivity contribution < 1.29 is 4.79 Å². The van der Waals surface area contributed by atoms with Gasteiger partial charge < -0.3 is 15.1 Å². The molecule has 1 saturated heterocycles. The number of nitrogens with one attached hydrogen (secondary N) is 1. The van der Waals surface area contributed by atoms with Gasteiger partial charge in [0.05, 0.1) is 11.7 Å². The second-order valence-electron chi connectivity index (χ2n) is 8.79. The average Bonchev–Trinajstić information content (AvgIpc) is 3.12. The van der Waals surface area contributed by atoms with Crippen molar-refractivity contribution >= 4 is 11.6 Å². The topological polar surface area (TPSA) is 66.3 Å². The Morgan fingerprint density at radius 3 is 2.50 bits per heavy atom. The van der Waals surface area contributed by atoms with Crippen molar-refractivity contribution in [1.82, 2.24) is 25.0 Å². The summed E-state index contributed by atoms with van der Waals surface area (Å²) in [5.41, 5.74) is 6.79. The van der Waals surface area contributed by atoms with Gasteiger partial charge in [0, 0.05) is 74.2 Å². The van der Waals surface area contributed by atoms with E-state index in [1.807, 2.05) is 58.5 Å². The van der Waals surface area contributed by atoms with E-state index >= 15 is 0 Å². The van der Waals surface area contributed by atoms with E-state index in [0.29, 0.717) is 0 Å². The van der Waals surface area contributed by atoms with Crippen molar-refractivity contribution in [2.75, 3.05) is 38.1 Å². The zero-order chi connectivity index (χ0) is 22.8. The van der Waals surface area contributed by atoms with E-state index in [1.165, 1.54) is 0 Å². The number of rotatable bonds is 5. The first-order chi connectivity index (χ1) is 15.3. The Morgan fingerprint density at radius 1 is 1.06 bits per heavy atom. The maximum Gasteiger partial charge on any atom is 0.252 e. The molecule has 7 nitrogen and oxygen atoms in total. The highest BCUT2D eigenvalue weighted by atomic mass is 16.1. The van der Waals surface area contributed by atoms with E-state index in [0.717, 1.165) is 65.4 Å². The summed E-state index contributed by atoms with van der Waals surface area (Å²) in [5, 5.41) is 7.59. The largest absolute Gasteiger partial charge is 0.369 e. The number of aryl methyl sites for hydroxylation is 3. The normalized spacial score (nSPS) is 15.6. The standard InChI is InChI=1S/C25H32N6O/c1-17-6-7-22(31-10-8-29(4)9-11-31)13-23(17)25(32)27-18(2)20-12-21(15-26-14-20)24-16-30(5)28-19(24)3/h6-7,12-16,18H,8-11H2,1-5H3,(H,27,32)/t18-/m1/s1. The zero-order valence-electron chi connectivity index (χ0n) is 19.6. The summed E-state index contributed by atoms with van der Waals surface area (Å²) in [7, 11) is 4.06. The summed E-state index contributed by atoms with van der Waals surface area (Å²) in [4.78, 5) is 22.3. The van der Waals surface area contributed by atoms with Gasteiger partial charge in [0.1, 0.15) is 0 Å². The van der Waals surface area contributed by atoms with Crippen LogP contribution in [0.2, 0.25) is 0 Å². The second-order valence-corrected chi connectivity index (χ2v) is 8.79. The van der Waals surface area contributed by atoms with Crippen molar-refractivity contribution in [2.45, 2.75) is 26.8 Å². The van der Waals surface area contributed by atoms with Crippen molar-refractivity contribution in [1.29, 1.82) is 0 Å². The predicted octanol–water partition coefficient (Wildman–Crippen LogP) is 3.34. The lowest BCUT2D eigenvalue weighted by molar-refractivity contribution is 0.0939. The molecule has 0 unspecified atom stereocenters. The summed E-state index contributed by atoms with van der Waals surface area (Å²) in [6.45, 7) is 9.99. The fraction of sp³-hybridized carbons (Fsp3) is 0.400. The van der Waals surface area contributed by atoms with E-state index in [1.54, 1.807) is 4.68 Å². The van der Waals surface area contributed by atoms with Crippen LogP contribution in [0.4, 0.5) is 5.69 Å². The van der Waals surface area contributed by atoms with Gasteiger partial charge in [-0.2, -0.15) is 5.10 Å². The van der Waals surface area contributed by atoms with Crippen molar-refractivity contribution in [3.8, 4) is 11.1 Å². The van der Waals surface area contributed by atoms with Gasteiger partial charge >= 0.3 is 0 Å². The highest BCUT2D eigenvalue weighted by molar-refractivity contribution is 5.96. The molecule has 1 aromatic carbocycles. The molecule has 1 aliphatic rings. The lowest BCUT2D eigenvalue weighted by Crippen LogP contribution is -2.44. The Labute approximate surface area is 190 Å². The number of aromatic nitrogens is 3. The molecular weight excluding hydrogens is 400 g/mol. The Balaban J connectivity index is 1.51. The molecular formula is C25H32N6O. The molecule has 32 heavy (non-hydrogen) atoms. The molecule has 1 N–H and O–H groups in total. The van der Waals surface area contributed by atoms with Gasteiger partial charge in [-0.3, -0.25) is 14.5 Å². The van der Waals surface area contributed by atoms with Crippen LogP contribution in [0.5, 0.6) is 0 Å². The van der Waals surface area contributed by atoms with Crippen LogP contribution in [-0.2, 0) is 7.05 Å². The number of carbonyl (C=O) groups excluding carboxylic acids is 1. The minimum atomic E-state index is -0.168. The summed E-state index contributed by atoms with van der Waals surface area (Å²) in [6, 6.07) is 8.09. The van der Waals surface area contributed by atoms with Gasteiger partial charge in [0.2, 0.25) is 0 Å². The SMILES string of the molecule is Cc1ccc(N2CCN(C)CC2)cc1C(=O)N[C@H](C)c1cncc(-c2cn(C)nc2C)c1. The van der Waals surface area contributed by atoms with Crippen LogP contribution in [0.1, 0.15) is 40.1 Å². The van der Waals surface area contributed by atoms with Gasteiger partial charge in [-0.25, -0.2) is 0 Å². The molecule has 2 aromatic heterocycles. The molecule has 3 heterocycles. The smallest absolute Gasteiger partial charge is 0.252 e. The Bertz CT molecular complexity index is 1110. The molecule has 1 fully saturated rings. The first-order valence-corrected chi connectivity index (χ1v) is 11.1. The van der Waals surface area contributed by atoms with Gasteiger partial charge in [0.25, 0.3) is 5.91 Å². The molecule has 168 valence electrons. The summed E-state index contributed by atoms with van der Waals surface area (Å²) in [6.07, 6.45) is 5.64. The first kappa shape index (κ1) is 22.0. The number of carbonyl (C=O) groups is 1. The van der Waals surface area contributed by atoms with Crippen LogP contribution in [0.15, 0.2) is 42.9 Å². The monoisotopic (exact) mass is 432 g/mol. The number of amides is 1. The number of hydrogen-bond donors (Lipinski definition) is 1. The lowest BCUT2D eigenvalue weighted by Gasteiger charge is -2.34. The minimum absolute atomic E-state index is 0.0612. The zero-order valence-corrected chi connectivity index (χ0v) is 19.6. The number of nitrogens with zero attached hydrogens (tertiary/aromatic N) is 5. The fourth-order valence-electron chi connectivity index (χ4n) is 4.20. The average molecular weight is 433 g/mol. The molecule has 1 amide bonds. The summed E-state index contributed by atoms with van der Waals surface area (Å²) in [5.74, 6) is -0.0612. The van der Waals surface area contributed by atoms with E-state index in [-0.39, 0.29) is 11.9 Å². The summed E-state index contributed by atoms with van der Waals surface area (Å²) < 4.78 is 1.80. The molecule has 1 atom stereocenters. The van der Waals surface area contributed by atoms with Crippen LogP contribution in [-0.4, -0.2) is 58.8 Å². The number of benzene rings is 1. The highest BCUT2D eigenvalue weighted by Crippen LogP contribution is 2.25. The van der Waals surface area contributed by atoms with Crippen LogP contribution in [0, 0.1) is 13.8 Å². The molecule has 7 heteroatoms. The number of hydrogen-bond acceptors (Lipinski definition) is 5. The van der Waals surface area contributed by atoms with Crippen LogP contribution in [0.25, 0.3) is 11.1 Å². The number of piperazine rings is 1. The lowest BCUT2D eigenvalue weighted by atomic mass is 10.0. The van der Waals surface area contributed by atoms with Gasteiger partial charge in [-0.05, 0) is 57.1 Å². The van der Waals surface area contributed by atoms with E-state index in [2.05, 4.69) is 44.4 Å². The fourth-order valence-corrected chi connectivity index (χ4v) is 4.20. The number of anilines is 1. The Morgan fingerprint density at radius 2 is 1.81 bits per heavy atom. The molecule has 3 aromatic rings. The van der Waals surface area contributed by atoms with Gasteiger partial charge in [-0.1, -0.05) is 6.07 Å². The molecule has 0 spiro atoms. The number of pyridine rings is 1. The van der Waals surface area contributed by atoms with Crippen LogP contribution >= 0.6 is 0 Å². The maximum absolute atomic E-state index is 13.2. The van der Waals surface area contributed by atoms with Crippen LogP contribution < -0.4 is 10.2 Å². The van der Waals surface area contributed by atoms with Crippen molar-refractivity contribution in [2.24, 2.45) is 7.05 Å². The molecule has 0 aliphatic carbocycles. The third-order valence-corrected chi connectivity index (χ3v) is 6.27. The van der Waals surface area contributed by atoms with Crippen molar-refractivity contribution in [3.63, 3.8) is 0 Å². The van der Waals surface area contributed by atoms with Gasteiger partial charge in [-0.15, -0.1) is 0 Å². The quantitative estimate of drug-likeness (QED) is 0.670. The molecule has 1 aliphatic heterocycles. The van der Waals surface area contributed by atoms with Crippen molar-refractivity contribution in [3.05, 3.63) is 65.2 Å². The maximum atomic E-state index is 13.2. The van der Waals surface area contributed by atoms with Gasteiger partial charge in [0.15, 0.2) is 0 Å². The second kappa shape index (κ2) is 9.12. The third kappa shape index (κ3) is 4.67. The Hall–Kier alpha value is -3.19. The van der Waals surface area contributed by atoms with E-state index < -0.39 is 0 Å². The molecule has 4 rings (SSSR count). The molecule has 0 radical (unpaired) electrons. The number of likely N-dealkylation sites (N-methyl/N-ethyl adjacent to an activating group) is 1. The first-order valence-electron chi connectivity index (χ1n) is 11.1. The predicted molar refractivity (Wildman–Crippen MR) is 128 cm³/mol. The third-order valence-electron chi connectivity index (χ3n) is 6.27. The Kier molecular flexibility index (Phi) is 6.28. The molecule has 0 saturated carbocycles. The molecule has 0 bridgehead atoms. The van der Waals surface area contributed by atoms with Crippen LogP contribution in [0.3, 0.4) is 0 Å². The van der Waals surface area contributed by atoms with E-state index in [9.17, 15) is 4.79 Å². The van der Waals surface area contributed by atoms with E-state index in [4.69, 9.17) is 0 Å².